The first-order valence-corrected chi connectivity index (χ1v) is 13.7. The first kappa shape index (κ1) is 27.6. The van der Waals surface area contributed by atoms with Crippen LogP contribution in [0.15, 0.2) is 103 Å². The van der Waals surface area contributed by atoms with E-state index in [2.05, 4.69) is 15.6 Å². The Balaban J connectivity index is 1.37. The zero-order chi connectivity index (χ0) is 28.6. The van der Waals surface area contributed by atoms with Crippen LogP contribution in [0, 0.1) is 0 Å². The van der Waals surface area contributed by atoms with Gasteiger partial charge in [0.15, 0.2) is 0 Å². The fourth-order valence-corrected chi connectivity index (χ4v) is 5.38. The van der Waals surface area contributed by atoms with Gasteiger partial charge < -0.3 is 20.6 Å². The van der Waals surface area contributed by atoms with E-state index >= 15 is 0 Å². The quantitative estimate of drug-likeness (QED) is 0.262. The number of likely N-dealkylation sites (tertiary alicyclic amines) is 1. The zero-order valence-corrected chi connectivity index (χ0v) is 22.6. The second-order valence-electron chi connectivity index (χ2n) is 10.1. The highest BCUT2D eigenvalue weighted by Crippen LogP contribution is 2.30. The minimum atomic E-state index is -1.29. The number of nitrogens with one attached hydrogen (secondary N) is 2. The first-order chi connectivity index (χ1) is 20.0. The molecule has 3 aromatic carbocycles. The highest BCUT2D eigenvalue weighted by Gasteiger charge is 2.32. The monoisotopic (exact) mass is 548 g/mol. The van der Waals surface area contributed by atoms with Gasteiger partial charge in [0.1, 0.15) is 6.04 Å². The SMILES string of the molecule is O=C(O)N[C@H](C(=O)Nc1ccc(-c2ccncc2CC(=O)N2CCCC2)cc1)C(c1ccccc1)c1ccccc1. The predicted octanol–water partition coefficient (Wildman–Crippen LogP) is 5.32. The van der Waals surface area contributed by atoms with Gasteiger partial charge in [0.05, 0.1) is 6.42 Å². The lowest BCUT2D eigenvalue weighted by Gasteiger charge is -2.27. The third-order valence-corrected chi connectivity index (χ3v) is 7.38. The highest BCUT2D eigenvalue weighted by atomic mass is 16.4. The van der Waals surface area contributed by atoms with E-state index < -0.39 is 24.0 Å². The van der Waals surface area contributed by atoms with Crippen molar-refractivity contribution >= 4 is 23.6 Å². The molecule has 1 aliphatic rings. The van der Waals surface area contributed by atoms with Crippen molar-refractivity contribution in [2.24, 2.45) is 0 Å². The Morgan fingerprint density at radius 2 is 1.44 bits per heavy atom. The number of benzene rings is 3. The van der Waals surface area contributed by atoms with E-state index in [1.165, 1.54) is 0 Å². The molecule has 1 aliphatic heterocycles. The summed E-state index contributed by atoms with van der Waals surface area (Å²) in [4.78, 5) is 44.3. The molecule has 5 rings (SSSR count). The molecule has 8 heteroatoms. The summed E-state index contributed by atoms with van der Waals surface area (Å²) in [7, 11) is 0. The van der Waals surface area contributed by atoms with Gasteiger partial charge in [-0.3, -0.25) is 14.6 Å². The Labute approximate surface area is 239 Å². The molecule has 0 aliphatic carbocycles. The summed E-state index contributed by atoms with van der Waals surface area (Å²) < 4.78 is 0. The largest absolute Gasteiger partial charge is 0.465 e. The predicted molar refractivity (Wildman–Crippen MR) is 157 cm³/mol. The second kappa shape index (κ2) is 12.9. The minimum Gasteiger partial charge on any atom is -0.465 e. The Kier molecular flexibility index (Phi) is 8.69. The number of carbonyl (C=O) groups is 3. The zero-order valence-electron chi connectivity index (χ0n) is 22.6. The van der Waals surface area contributed by atoms with Crippen molar-refractivity contribution in [1.29, 1.82) is 0 Å². The van der Waals surface area contributed by atoms with Crippen molar-refractivity contribution in [3.63, 3.8) is 0 Å². The molecule has 41 heavy (non-hydrogen) atoms. The van der Waals surface area contributed by atoms with E-state index in [4.69, 9.17) is 0 Å². The molecule has 4 aromatic rings. The van der Waals surface area contributed by atoms with Gasteiger partial charge >= 0.3 is 6.09 Å². The maximum absolute atomic E-state index is 13.6. The number of carboxylic acid groups (broad SMARTS) is 1. The van der Waals surface area contributed by atoms with Crippen LogP contribution in [0.3, 0.4) is 0 Å². The second-order valence-corrected chi connectivity index (χ2v) is 10.1. The van der Waals surface area contributed by atoms with E-state index in [1.807, 2.05) is 83.8 Å². The Morgan fingerprint density at radius 3 is 2.02 bits per heavy atom. The molecule has 1 saturated heterocycles. The normalized spacial score (nSPS) is 13.5. The highest BCUT2D eigenvalue weighted by molar-refractivity contribution is 5.98. The number of carbonyl (C=O) groups excluding carboxylic acids is 2. The molecule has 0 radical (unpaired) electrons. The summed E-state index contributed by atoms with van der Waals surface area (Å²) >= 11 is 0. The first-order valence-electron chi connectivity index (χ1n) is 13.7. The molecule has 3 amide bonds. The van der Waals surface area contributed by atoms with Gasteiger partial charge in [-0.15, -0.1) is 0 Å². The third kappa shape index (κ3) is 6.78. The van der Waals surface area contributed by atoms with Gasteiger partial charge in [-0.2, -0.15) is 0 Å². The maximum atomic E-state index is 13.6. The number of hydrogen-bond donors (Lipinski definition) is 3. The van der Waals surface area contributed by atoms with E-state index in [1.54, 1.807) is 24.5 Å². The molecule has 208 valence electrons. The smallest absolute Gasteiger partial charge is 0.405 e. The van der Waals surface area contributed by atoms with Crippen molar-refractivity contribution in [2.45, 2.75) is 31.2 Å². The fourth-order valence-electron chi connectivity index (χ4n) is 5.38. The maximum Gasteiger partial charge on any atom is 0.405 e. The molecular formula is C33H32N4O4. The summed E-state index contributed by atoms with van der Waals surface area (Å²) in [5, 5.41) is 15.0. The molecule has 8 nitrogen and oxygen atoms in total. The number of nitrogens with zero attached hydrogens (tertiary/aromatic N) is 2. The number of aromatic nitrogens is 1. The summed E-state index contributed by atoms with van der Waals surface area (Å²) in [5.74, 6) is -0.914. The van der Waals surface area contributed by atoms with Crippen LogP contribution in [0.25, 0.3) is 11.1 Å². The number of rotatable bonds is 9. The van der Waals surface area contributed by atoms with Crippen LogP contribution >= 0.6 is 0 Å². The molecule has 0 saturated carbocycles. The number of hydrogen-bond acceptors (Lipinski definition) is 4. The standard InChI is InChI=1S/C33H32N4O4/c38-29(37-19-7-8-20-37)21-26-22-34-18-17-28(26)23-13-15-27(16-14-23)35-32(39)31(36-33(40)41)30(24-9-3-1-4-10-24)25-11-5-2-6-12-25/h1-6,9-18,22,30-31,36H,7-8,19-21H2,(H,35,39)(H,40,41)/t31-/m0/s1. The summed E-state index contributed by atoms with van der Waals surface area (Å²) in [5.41, 5.74) is 4.80. The number of anilines is 1. The van der Waals surface area contributed by atoms with Crippen molar-refractivity contribution in [3.05, 3.63) is 120 Å². The van der Waals surface area contributed by atoms with E-state index in [-0.39, 0.29) is 12.3 Å². The molecule has 0 bridgehead atoms. The van der Waals surface area contributed by atoms with Crippen LogP contribution in [-0.2, 0) is 16.0 Å². The molecule has 1 aromatic heterocycles. The van der Waals surface area contributed by atoms with E-state index in [9.17, 15) is 19.5 Å². The average Bonchev–Trinajstić information content (AvgIpc) is 3.54. The van der Waals surface area contributed by atoms with Gasteiger partial charge in [0.2, 0.25) is 11.8 Å². The van der Waals surface area contributed by atoms with Crippen LogP contribution < -0.4 is 10.6 Å². The average molecular weight is 549 g/mol. The lowest BCUT2D eigenvalue weighted by atomic mass is 9.84. The van der Waals surface area contributed by atoms with Crippen LogP contribution in [0.1, 0.15) is 35.4 Å². The fraction of sp³-hybridized carbons (Fsp3) is 0.212. The van der Waals surface area contributed by atoms with Crippen molar-refractivity contribution in [3.8, 4) is 11.1 Å². The summed E-state index contributed by atoms with van der Waals surface area (Å²) in [6, 6.07) is 26.9. The van der Waals surface area contributed by atoms with Crippen LogP contribution in [0.5, 0.6) is 0 Å². The van der Waals surface area contributed by atoms with Crippen molar-refractivity contribution in [2.75, 3.05) is 18.4 Å². The minimum absolute atomic E-state index is 0.101. The lowest BCUT2D eigenvalue weighted by Crippen LogP contribution is -2.47. The number of pyridine rings is 1. The molecule has 0 spiro atoms. The molecule has 3 N–H and O–H groups in total. The lowest BCUT2D eigenvalue weighted by molar-refractivity contribution is -0.129. The Bertz CT molecular complexity index is 1450. The van der Waals surface area contributed by atoms with Gasteiger partial charge in [-0.25, -0.2) is 4.79 Å². The molecular weight excluding hydrogens is 516 g/mol. The molecule has 2 heterocycles. The third-order valence-electron chi connectivity index (χ3n) is 7.38. The van der Waals surface area contributed by atoms with Gasteiger partial charge in [0.25, 0.3) is 0 Å². The molecule has 0 unspecified atom stereocenters. The van der Waals surface area contributed by atoms with Crippen LogP contribution in [0.2, 0.25) is 0 Å². The molecule has 1 atom stereocenters. The Morgan fingerprint density at radius 1 is 0.829 bits per heavy atom. The van der Waals surface area contributed by atoms with Gasteiger partial charge in [-0.1, -0.05) is 72.8 Å². The van der Waals surface area contributed by atoms with Crippen LogP contribution in [-0.4, -0.2) is 52.0 Å². The van der Waals surface area contributed by atoms with E-state index in [0.29, 0.717) is 5.69 Å². The Hall–Kier alpha value is -4.98. The molecule has 1 fully saturated rings. The summed E-state index contributed by atoms with van der Waals surface area (Å²) in [6.07, 6.45) is 4.51. The van der Waals surface area contributed by atoms with Crippen LogP contribution in [0.4, 0.5) is 10.5 Å². The van der Waals surface area contributed by atoms with E-state index in [0.717, 1.165) is 53.7 Å². The van der Waals surface area contributed by atoms with Crippen molar-refractivity contribution in [1.82, 2.24) is 15.2 Å². The van der Waals surface area contributed by atoms with Crippen molar-refractivity contribution < 1.29 is 19.5 Å². The van der Waals surface area contributed by atoms with Gasteiger partial charge in [0, 0.05) is 37.1 Å². The summed E-state index contributed by atoms with van der Waals surface area (Å²) in [6.45, 7) is 1.60. The number of amides is 3. The van der Waals surface area contributed by atoms with Gasteiger partial charge in [-0.05, 0) is 58.9 Å². The topological polar surface area (TPSA) is 112 Å².